The summed E-state index contributed by atoms with van der Waals surface area (Å²) in [5.74, 6) is -0.389. The van der Waals surface area contributed by atoms with Crippen molar-refractivity contribution < 1.29 is 13.2 Å². The third-order valence-corrected chi connectivity index (χ3v) is 5.31. The van der Waals surface area contributed by atoms with Gasteiger partial charge in [0, 0.05) is 6.54 Å². The molecule has 116 valence electrons. The molecule has 21 heavy (non-hydrogen) atoms. The molecule has 6 heteroatoms. The minimum atomic E-state index is -3.79. The van der Waals surface area contributed by atoms with E-state index in [1.165, 1.54) is 12.1 Å². The van der Waals surface area contributed by atoms with Gasteiger partial charge in [0.15, 0.2) is 0 Å². The van der Waals surface area contributed by atoms with Crippen molar-refractivity contribution in [1.82, 2.24) is 10.0 Å². The lowest BCUT2D eigenvalue weighted by Gasteiger charge is -2.35. The molecule has 5 nitrogen and oxygen atoms in total. The van der Waals surface area contributed by atoms with Crippen LogP contribution in [0.4, 0.5) is 0 Å². The zero-order valence-electron chi connectivity index (χ0n) is 12.3. The van der Waals surface area contributed by atoms with Crippen molar-refractivity contribution in [1.29, 1.82) is 0 Å². The summed E-state index contributed by atoms with van der Waals surface area (Å²) in [6, 6.07) is 8.00. The molecule has 2 N–H and O–H groups in total. The molecule has 1 saturated heterocycles. The summed E-state index contributed by atoms with van der Waals surface area (Å²) in [6.07, 6.45) is 3.15. The molecule has 0 aliphatic carbocycles. The predicted octanol–water partition coefficient (Wildman–Crippen LogP) is 1.66. The molecule has 1 aromatic carbocycles. The largest absolute Gasteiger partial charge is 0.316 e. The van der Waals surface area contributed by atoms with E-state index in [0.717, 1.165) is 25.8 Å². The predicted molar refractivity (Wildman–Crippen MR) is 81.2 cm³/mol. The van der Waals surface area contributed by atoms with E-state index in [2.05, 4.69) is 10.0 Å². The van der Waals surface area contributed by atoms with Gasteiger partial charge in [-0.2, -0.15) is 0 Å². The number of carbonyl (C=O) groups excluding carboxylic acids is 1. The van der Waals surface area contributed by atoms with Crippen molar-refractivity contribution in [3.8, 4) is 0 Å². The summed E-state index contributed by atoms with van der Waals surface area (Å²) >= 11 is 0. The summed E-state index contributed by atoms with van der Waals surface area (Å²) in [7, 11) is -3.79. The summed E-state index contributed by atoms with van der Waals surface area (Å²) in [5, 5.41) is 3.21. The van der Waals surface area contributed by atoms with E-state index in [-0.39, 0.29) is 10.8 Å². The molecule has 1 heterocycles. The molecule has 1 amide bonds. The number of amides is 1. The number of piperidine rings is 1. The quantitative estimate of drug-likeness (QED) is 0.867. The number of sulfonamides is 1. The average molecular weight is 310 g/mol. The molecule has 1 aromatic rings. The fourth-order valence-corrected chi connectivity index (χ4v) is 3.95. The van der Waals surface area contributed by atoms with Gasteiger partial charge in [0.05, 0.1) is 10.3 Å². The summed E-state index contributed by atoms with van der Waals surface area (Å²) < 4.78 is 26.8. The maximum Gasteiger partial charge on any atom is 0.264 e. The first-order valence-electron chi connectivity index (χ1n) is 7.33. The normalized spacial score (nSPS) is 22.7. The minimum Gasteiger partial charge on any atom is -0.316 e. The molecular weight excluding hydrogens is 288 g/mol. The monoisotopic (exact) mass is 310 g/mol. The first-order valence-corrected chi connectivity index (χ1v) is 8.81. The van der Waals surface area contributed by atoms with Crippen LogP contribution in [0, 0.1) is 5.41 Å². The molecule has 0 bridgehead atoms. The average Bonchev–Trinajstić information content (AvgIpc) is 2.49. The Labute approximate surface area is 126 Å². The highest BCUT2D eigenvalue weighted by Gasteiger charge is 2.40. The number of hydrogen-bond acceptors (Lipinski definition) is 4. The van der Waals surface area contributed by atoms with E-state index in [0.29, 0.717) is 13.0 Å². The first kappa shape index (κ1) is 16.0. The Morgan fingerprint density at radius 1 is 1.33 bits per heavy atom. The molecule has 0 radical (unpaired) electrons. The SMILES string of the molecule is CCCC1(C(=O)NS(=O)(=O)c2ccccc2)CCCNC1. The van der Waals surface area contributed by atoms with Crippen molar-refractivity contribution >= 4 is 15.9 Å². The summed E-state index contributed by atoms with van der Waals surface area (Å²) in [5.41, 5.74) is -0.616. The van der Waals surface area contributed by atoms with Gasteiger partial charge in [-0.15, -0.1) is 0 Å². The van der Waals surface area contributed by atoms with Gasteiger partial charge in [-0.1, -0.05) is 31.5 Å². The van der Waals surface area contributed by atoms with Crippen molar-refractivity contribution in [2.45, 2.75) is 37.5 Å². The maximum atomic E-state index is 12.6. The van der Waals surface area contributed by atoms with E-state index < -0.39 is 15.4 Å². The minimum absolute atomic E-state index is 0.119. The van der Waals surface area contributed by atoms with Crippen LogP contribution in [0.25, 0.3) is 0 Å². The number of nitrogens with one attached hydrogen (secondary N) is 2. The summed E-state index contributed by atoms with van der Waals surface area (Å²) in [4.78, 5) is 12.7. The Hall–Kier alpha value is -1.40. The van der Waals surface area contributed by atoms with Crippen molar-refractivity contribution in [2.75, 3.05) is 13.1 Å². The lowest BCUT2D eigenvalue weighted by atomic mass is 9.76. The molecule has 0 saturated carbocycles. The smallest absolute Gasteiger partial charge is 0.264 e. The van der Waals surface area contributed by atoms with Crippen LogP contribution in [0.3, 0.4) is 0 Å². The second-order valence-electron chi connectivity index (χ2n) is 5.56. The second kappa shape index (κ2) is 6.58. The number of carbonyl (C=O) groups is 1. The van der Waals surface area contributed by atoms with Crippen LogP contribution >= 0.6 is 0 Å². The fraction of sp³-hybridized carbons (Fsp3) is 0.533. The summed E-state index contributed by atoms with van der Waals surface area (Å²) in [6.45, 7) is 3.43. The molecule has 1 aliphatic heterocycles. The van der Waals surface area contributed by atoms with Crippen LogP contribution in [0.15, 0.2) is 35.2 Å². The molecule has 0 spiro atoms. The molecule has 1 unspecified atom stereocenters. The Bertz CT molecular complexity index is 573. The van der Waals surface area contributed by atoms with Gasteiger partial charge >= 0.3 is 0 Å². The van der Waals surface area contributed by atoms with Gasteiger partial charge in [-0.3, -0.25) is 4.79 Å². The highest BCUT2D eigenvalue weighted by molar-refractivity contribution is 7.90. The maximum absolute atomic E-state index is 12.6. The lowest BCUT2D eigenvalue weighted by Crippen LogP contribution is -2.51. The van der Waals surface area contributed by atoms with E-state index in [1.807, 2.05) is 6.92 Å². The van der Waals surface area contributed by atoms with Crippen LogP contribution in [-0.2, 0) is 14.8 Å². The van der Waals surface area contributed by atoms with Crippen LogP contribution < -0.4 is 10.0 Å². The van der Waals surface area contributed by atoms with Crippen molar-refractivity contribution in [3.05, 3.63) is 30.3 Å². The molecule has 1 aliphatic rings. The van der Waals surface area contributed by atoms with Crippen molar-refractivity contribution in [3.63, 3.8) is 0 Å². The van der Waals surface area contributed by atoms with E-state index in [9.17, 15) is 13.2 Å². The van der Waals surface area contributed by atoms with Gasteiger partial charge in [-0.25, -0.2) is 13.1 Å². The van der Waals surface area contributed by atoms with E-state index >= 15 is 0 Å². The van der Waals surface area contributed by atoms with Crippen LogP contribution in [0.1, 0.15) is 32.6 Å². The van der Waals surface area contributed by atoms with E-state index in [1.54, 1.807) is 18.2 Å². The highest BCUT2D eigenvalue weighted by atomic mass is 32.2. The Kier molecular flexibility index (Phi) is 5.00. The zero-order valence-corrected chi connectivity index (χ0v) is 13.1. The third kappa shape index (κ3) is 3.63. The van der Waals surface area contributed by atoms with Gasteiger partial charge in [-0.05, 0) is 37.9 Å². The molecule has 0 aromatic heterocycles. The fourth-order valence-electron chi connectivity index (χ4n) is 2.86. The Morgan fingerprint density at radius 2 is 2.05 bits per heavy atom. The molecule has 1 fully saturated rings. The number of rotatable bonds is 5. The van der Waals surface area contributed by atoms with Gasteiger partial charge in [0.2, 0.25) is 5.91 Å². The second-order valence-corrected chi connectivity index (χ2v) is 7.24. The Balaban J connectivity index is 2.19. The first-order chi connectivity index (χ1) is 10.0. The standard InChI is InChI=1S/C15H22N2O3S/c1-2-9-15(10-6-11-16-12-15)14(18)17-21(19,20)13-7-4-3-5-8-13/h3-5,7-8,16H,2,6,9-12H2,1H3,(H,17,18). The Morgan fingerprint density at radius 3 is 2.62 bits per heavy atom. The van der Waals surface area contributed by atoms with Gasteiger partial charge in [0.1, 0.15) is 0 Å². The topological polar surface area (TPSA) is 75.3 Å². The van der Waals surface area contributed by atoms with Gasteiger partial charge < -0.3 is 5.32 Å². The molecular formula is C15H22N2O3S. The number of hydrogen-bond donors (Lipinski definition) is 2. The molecule has 1 atom stereocenters. The highest BCUT2D eigenvalue weighted by Crippen LogP contribution is 2.32. The van der Waals surface area contributed by atoms with Crippen LogP contribution in [-0.4, -0.2) is 27.4 Å². The molecule has 2 rings (SSSR count). The zero-order chi connectivity index (χ0) is 15.3. The van der Waals surface area contributed by atoms with Crippen LogP contribution in [0.5, 0.6) is 0 Å². The van der Waals surface area contributed by atoms with E-state index in [4.69, 9.17) is 0 Å². The van der Waals surface area contributed by atoms with Gasteiger partial charge in [0.25, 0.3) is 10.0 Å². The van der Waals surface area contributed by atoms with Crippen molar-refractivity contribution in [2.24, 2.45) is 5.41 Å². The third-order valence-electron chi connectivity index (χ3n) is 3.96. The lowest BCUT2D eigenvalue weighted by molar-refractivity contribution is -0.130. The number of benzene rings is 1. The van der Waals surface area contributed by atoms with Crippen LogP contribution in [0.2, 0.25) is 0 Å².